The van der Waals surface area contributed by atoms with Gasteiger partial charge in [0.05, 0.1) is 12.8 Å². The molecule has 0 N–H and O–H groups in total. The van der Waals surface area contributed by atoms with Crippen LogP contribution in [-0.2, 0) is 16.8 Å². The quantitative estimate of drug-likeness (QED) is 0.563. The number of rotatable bonds is 6. The van der Waals surface area contributed by atoms with Crippen LogP contribution in [0.4, 0.5) is 4.39 Å². The van der Waals surface area contributed by atoms with Crippen molar-refractivity contribution < 1.29 is 13.9 Å². The summed E-state index contributed by atoms with van der Waals surface area (Å²) in [6, 6.07) is 5.84. The van der Waals surface area contributed by atoms with Crippen molar-refractivity contribution in [2.75, 3.05) is 7.11 Å². The summed E-state index contributed by atoms with van der Waals surface area (Å²) in [6.07, 6.45) is 5.17. The van der Waals surface area contributed by atoms with Crippen molar-refractivity contribution in [1.29, 1.82) is 0 Å². The lowest BCUT2D eigenvalue weighted by molar-refractivity contribution is 0.182. The van der Waals surface area contributed by atoms with Gasteiger partial charge in [-0.25, -0.2) is 14.4 Å². The van der Waals surface area contributed by atoms with Crippen LogP contribution in [0.2, 0.25) is 0 Å². The van der Waals surface area contributed by atoms with Crippen molar-refractivity contribution in [2.24, 2.45) is 0 Å². The molecule has 0 bridgehead atoms. The van der Waals surface area contributed by atoms with E-state index in [-0.39, 0.29) is 11.2 Å². The summed E-state index contributed by atoms with van der Waals surface area (Å²) < 4.78 is 27.4. The third-order valence-corrected chi connectivity index (χ3v) is 4.26. The fraction of sp³-hybridized carbons (Fsp3) is 0.368. The molecule has 0 saturated carbocycles. The summed E-state index contributed by atoms with van der Waals surface area (Å²) in [6.45, 7) is 5.81. The molecule has 5 nitrogen and oxygen atoms in total. The van der Waals surface area contributed by atoms with Crippen LogP contribution in [0.5, 0.6) is 5.75 Å². The van der Waals surface area contributed by atoms with Gasteiger partial charge in [-0.15, -0.1) is 0 Å². The van der Waals surface area contributed by atoms with Crippen molar-refractivity contribution in [1.82, 2.24) is 14.4 Å². The van der Waals surface area contributed by atoms with Crippen LogP contribution in [0.1, 0.15) is 32.2 Å². The fourth-order valence-corrected chi connectivity index (χ4v) is 3.23. The molecule has 0 fully saturated rings. The second kappa shape index (κ2) is 7.43. The van der Waals surface area contributed by atoms with Crippen molar-refractivity contribution in [3.05, 3.63) is 48.2 Å². The number of hydrogen-bond acceptors (Lipinski definition) is 4. The van der Waals surface area contributed by atoms with E-state index in [0.29, 0.717) is 12.3 Å². The summed E-state index contributed by atoms with van der Waals surface area (Å²) in [7, 11) is 6.48. The Kier molecular flexibility index (Phi) is 5.54. The second-order valence-corrected chi connectivity index (χ2v) is 9.66. The Morgan fingerprint density at radius 1 is 1.15 bits per heavy atom. The number of nitrogens with zero attached hydrogens (tertiary/aromatic N) is 3. The third kappa shape index (κ3) is 4.63. The first-order valence-corrected chi connectivity index (χ1v) is 9.65. The number of ether oxygens (including phenoxy) is 2. The minimum absolute atomic E-state index is 0.287. The molecule has 144 valence electrons. The number of imidazole rings is 1. The molecule has 0 aliphatic carbocycles. The smallest absolute Gasteiger partial charge is 0.178 e. The van der Waals surface area contributed by atoms with Gasteiger partial charge in [-0.2, -0.15) is 0 Å². The van der Waals surface area contributed by atoms with E-state index in [9.17, 15) is 4.39 Å². The average Bonchev–Trinajstić information content (AvgIpc) is 2.97. The van der Waals surface area contributed by atoms with E-state index in [1.807, 2.05) is 38.2 Å². The van der Waals surface area contributed by atoms with Gasteiger partial charge in [-0.1, -0.05) is 24.5 Å². The fourth-order valence-electron chi connectivity index (χ4n) is 2.88. The van der Waals surface area contributed by atoms with Crippen LogP contribution in [0.15, 0.2) is 36.8 Å². The first kappa shape index (κ1) is 20.1. The third-order valence-electron chi connectivity index (χ3n) is 3.89. The molecule has 0 saturated heterocycles. The van der Waals surface area contributed by atoms with Gasteiger partial charge in [0.1, 0.15) is 11.1 Å². The summed E-state index contributed by atoms with van der Waals surface area (Å²) >= 11 is 0. The molecular formula is C19H24FN3O2P2. The monoisotopic (exact) mass is 407 g/mol. The van der Waals surface area contributed by atoms with E-state index >= 15 is 0 Å². The zero-order chi connectivity index (χ0) is 19.8. The highest BCUT2D eigenvalue weighted by Crippen LogP contribution is 2.34. The van der Waals surface area contributed by atoms with Crippen molar-refractivity contribution in [2.45, 2.75) is 38.1 Å². The number of benzene rings is 1. The lowest BCUT2D eigenvalue weighted by Crippen LogP contribution is -2.18. The highest BCUT2D eigenvalue weighted by atomic mass is 31.0. The van der Waals surface area contributed by atoms with Crippen LogP contribution in [0, 0.1) is 0 Å². The Labute approximate surface area is 163 Å². The van der Waals surface area contributed by atoms with E-state index < -0.39 is 5.41 Å². The van der Waals surface area contributed by atoms with E-state index in [4.69, 9.17) is 9.47 Å². The normalized spacial score (nSPS) is 14.3. The molecule has 0 spiro atoms. The van der Waals surface area contributed by atoms with E-state index in [1.165, 1.54) is 6.92 Å². The van der Waals surface area contributed by atoms with Gasteiger partial charge in [-0.05, 0) is 44.0 Å². The van der Waals surface area contributed by atoms with Crippen molar-refractivity contribution in [3.63, 3.8) is 0 Å². The topological polar surface area (TPSA) is 48.7 Å². The molecule has 27 heavy (non-hydrogen) atoms. The highest BCUT2D eigenvalue weighted by Gasteiger charge is 2.25. The van der Waals surface area contributed by atoms with E-state index in [2.05, 4.69) is 28.4 Å². The van der Waals surface area contributed by atoms with Gasteiger partial charge >= 0.3 is 0 Å². The molecule has 2 aromatic heterocycles. The number of fused-ring (bicyclic) bond motifs is 1. The minimum atomic E-state index is -1.65. The van der Waals surface area contributed by atoms with Gasteiger partial charge in [0.2, 0.25) is 0 Å². The maximum atomic E-state index is 14.4. The first-order valence-electron chi connectivity index (χ1n) is 8.50. The lowest BCUT2D eigenvalue weighted by atomic mass is 10.0. The SMILES string of the molecule is COCc1cc(OC(C)(C)P)ccc1-c1cnc2cnc(C(C)(F)P)n2c1. The number of methoxy groups -OCH3 is 1. The van der Waals surface area contributed by atoms with Crippen molar-refractivity contribution in [3.8, 4) is 16.9 Å². The van der Waals surface area contributed by atoms with Crippen LogP contribution < -0.4 is 4.74 Å². The Hall–Kier alpha value is -1.61. The molecule has 3 atom stereocenters. The largest absolute Gasteiger partial charge is 0.484 e. The van der Waals surface area contributed by atoms with Crippen molar-refractivity contribution >= 4 is 24.1 Å². The predicted octanol–water partition coefficient (Wildman–Crippen LogP) is 4.55. The van der Waals surface area contributed by atoms with Gasteiger partial charge < -0.3 is 9.47 Å². The molecule has 3 unspecified atom stereocenters. The van der Waals surface area contributed by atoms with Gasteiger partial charge in [0, 0.05) is 25.1 Å². The van der Waals surface area contributed by atoms with Gasteiger partial charge in [0.15, 0.2) is 16.9 Å². The number of alkyl halides is 1. The second-order valence-electron chi connectivity index (χ2n) is 7.19. The first-order chi connectivity index (χ1) is 12.6. The molecule has 3 aromatic rings. The molecule has 0 radical (unpaired) electrons. The Balaban J connectivity index is 2.09. The Morgan fingerprint density at radius 2 is 1.89 bits per heavy atom. The zero-order valence-corrected chi connectivity index (χ0v) is 18.2. The maximum Gasteiger partial charge on any atom is 0.178 e. The minimum Gasteiger partial charge on any atom is -0.484 e. The van der Waals surface area contributed by atoms with Gasteiger partial charge in [-0.3, -0.25) is 4.40 Å². The summed E-state index contributed by atoms with van der Waals surface area (Å²) in [5.41, 5.74) is 3.35. The molecule has 1 aromatic carbocycles. The Morgan fingerprint density at radius 3 is 2.52 bits per heavy atom. The maximum absolute atomic E-state index is 14.4. The highest BCUT2D eigenvalue weighted by molar-refractivity contribution is 7.18. The molecule has 2 heterocycles. The summed E-state index contributed by atoms with van der Waals surface area (Å²) in [5.74, 6) is 1.04. The molecule has 0 aliphatic heterocycles. The zero-order valence-electron chi connectivity index (χ0n) is 15.9. The lowest BCUT2D eigenvalue weighted by Gasteiger charge is -2.22. The average molecular weight is 407 g/mol. The molecule has 8 heteroatoms. The summed E-state index contributed by atoms with van der Waals surface area (Å²) in [5, 5.41) is -2.02. The standard InChI is InChI=1S/C19H24FN3O2P2/c1-18(2,26)25-14-5-6-15(12(7-14)11-24-4)13-8-21-16-9-22-17(19(3,20)27)23(16)10-13/h5-10H,11,26-27H2,1-4H3. The molecule has 0 aliphatic rings. The summed E-state index contributed by atoms with van der Waals surface area (Å²) in [4.78, 5) is 8.60. The molecule has 3 rings (SSSR count). The number of aromatic nitrogens is 3. The number of halogens is 1. The molecular weight excluding hydrogens is 383 g/mol. The number of hydrogen-bond donors (Lipinski definition) is 0. The van der Waals surface area contributed by atoms with E-state index in [1.54, 1.807) is 23.9 Å². The van der Waals surface area contributed by atoms with Crippen LogP contribution >= 0.6 is 18.5 Å². The predicted molar refractivity (Wildman–Crippen MR) is 112 cm³/mol. The Bertz CT molecular complexity index is 962. The molecule has 0 amide bonds. The van der Waals surface area contributed by atoms with Crippen LogP contribution in [0.25, 0.3) is 16.8 Å². The van der Waals surface area contributed by atoms with Crippen LogP contribution in [-0.4, -0.2) is 26.8 Å². The van der Waals surface area contributed by atoms with Gasteiger partial charge in [0.25, 0.3) is 0 Å². The van der Waals surface area contributed by atoms with E-state index in [0.717, 1.165) is 22.4 Å². The van der Waals surface area contributed by atoms with Crippen LogP contribution in [0.3, 0.4) is 0 Å².